The van der Waals surface area contributed by atoms with Crippen molar-refractivity contribution in [3.63, 3.8) is 0 Å². The van der Waals surface area contributed by atoms with E-state index in [9.17, 15) is 14.7 Å². The topological polar surface area (TPSA) is 75.6 Å². The summed E-state index contributed by atoms with van der Waals surface area (Å²) in [4.78, 5) is 24.9. The van der Waals surface area contributed by atoms with Crippen LogP contribution in [0.5, 0.6) is 0 Å². The van der Waals surface area contributed by atoms with Gasteiger partial charge in [0.2, 0.25) is 5.78 Å². The maximum absolute atomic E-state index is 12.7. The molecule has 0 radical (unpaired) electrons. The lowest BCUT2D eigenvalue weighted by Gasteiger charge is -2.26. The van der Waals surface area contributed by atoms with Crippen LogP contribution in [0.1, 0.15) is 23.1 Å². The summed E-state index contributed by atoms with van der Waals surface area (Å²) in [6.07, 6.45) is 0.742. The van der Waals surface area contributed by atoms with Crippen LogP contribution in [-0.2, 0) is 33.7 Å². The molecule has 0 spiro atoms. The summed E-state index contributed by atoms with van der Waals surface area (Å²) in [6, 6.07) is 17.2. The number of carbonyl (C=O) groups is 2. The van der Waals surface area contributed by atoms with Gasteiger partial charge in [-0.3, -0.25) is 4.79 Å². The number of Topliss-reactive ketones (excluding diaryl/α,β-unsaturated/α-hetero) is 1. The zero-order valence-corrected chi connectivity index (χ0v) is 14.9. The van der Waals surface area contributed by atoms with Crippen molar-refractivity contribution in [3.8, 4) is 0 Å². The van der Waals surface area contributed by atoms with Crippen molar-refractivity contribution in [3.05, 3.63) is 82.6 Å². The first-order chi connectivity index (χ1) is 13.1. The van der Waals surface area contributed by atoms with Crippen molar-refractivity contribution < 1.29 is 19.4 Å². The molecule has 2 unspecified atom stereocenters. The first-order valence-corrected chi connectivity index (χ1v) is 9.16. The maximum Gasteiger partial charge on any atom is 0.346 e. The Balaban J connectivity index is 1.49. The number of aliphatic hydroxyl groups is 1. The zero-order valence-electron chi connectivity index (χ0n) is 14.9. The zero-order chi connectivity index (χ0) is 18.8. The molecular weight excluding hydrogens is 342 g/mol. The summed E-state index contributed by atoms with van der Waals surface area (Å²) < 4.78 is 5.26. The number of aliphatic hydroxyl groups excluding tert-OH is 1. The fourth-order valence-electron chi connectivity index (χ4n) is 3.69. The maximum atomic E-state index is 12.7. The third-order valence-corrected chi connectivity index (χ3v) is 5.20. The molecule has 5 nitrogen and oxygen atoms in total. The van der Waals surface area contributed by atoms with E-state index in [0.717, 1.165) is 16.7 Å². The van der Waals surface area contributed by atoms with E-state index in [1.807, 2.05) is 54.6 Å². The summed E-state index contributed by atoms with van der Waals surface area (Å²) in [5.41, 5.74) is 3.14. The van der Waals surface area contributed by atoms with Gasteiger partial charge in [-0.05, 0) is 36.0 Å². The summed E-state index contributed by atoms with van der Waals surface area (Å²) in [6.45, 7) is 0.582. The van der Waals surface area contributed by atoms with Gasteiger partial charge in [0, 0.05) is 6.54 Å². The molecule has 2 aliphatic heterocycles. The minimum atomic E-state index is -0.828. The van der Waals surface area contributed by atoms with E-state index in [4.69, 9.17) is 4.74 Å². The van der Waals surface area contributed by atoms with Crippen LogP contribution in [-0.4, -0.2) is 29.0 Å². The van der Waals surface area contributed by atoms with Gasteiger partial charge in [0.05, 0.1) is 6.04 Å². The summed E-state index contributed by atoms with van der Waals surface area (Å²) in [5.74, 6) is -1.35. The molecule has 0 bridgehead atoms. The molecule has 0 saturated carbocycles. The standard InChI is InChI=1S/C22H21NO4/c24-20(17-12-15-8-4-5-9-16(15)13-23-17)19-21(25)18(27-22(19)26)11-10-14-6-2-1-3-7-14/h1-9,17-18,23-24H,10-13H2. The average Bonchev–Trinajstić information content (AvgIpc) is 2.99. The highest BCUT2D eigenvalue weighted by molar-refractivity contribution is 6.23. The molecule has 5 heteroatoms. The molecule has 4 rings (SSSR count). The number of hydrogen-bond donors (Lipinski definition) is 2. The second-order valence-corrected chi connectivity index (χ2v) is 6.95. The molecule has 2 heterocycles. The highest BCUT2D eigenvalue weighted by Crippen LogP contribution is 2.27. The molecule has 1 fully saturated rings. The van der Waals surface area contributed by atoms with Crippen LogP contribution < -0.4 is 5.32 Å². The van der Waals surface area contributed by atoms with E-state index in [0.29, 0.717) is 25.8 Å². The van der Waals surface area contributed by atoms with Crippen molar-refractivity contribution >= 4 is 11.8 Å². The quantitative estimate of drug-likeness (QED) is 0.378. The molecule has 2 atom stereocenters. The van der Waals surface area contributed by atoms with E-state index in [-0.39, 0.29) is 11.3 Å². The predicted molar refractivity (Wildman–Crippen MR) is 100 cm³/mol. The van der Waals surface area contributed by atoms with Crippen molar-refractivity contribution in [2.45, 2.75) is 38.0 Å². The van der Waals surface area contributed by atoms with Gasteiger partial charge in [-0.2, -0.15) is 0 Å². The first kappa shape index (κ1) is 17.5. The molecule has 138 valence electrons. The van der Waals surface area contributed by atoms with E-state index in [2.05, 4.69) is 5.32 Å². The Morgan fingerprint density at radius 1 is 1.04 bits per heavy atom. The van der Waals surface area contributed by atoms with Gasteiger partial charge < -0.3 is 15.2 Å². The lowest BCUT2D eigenvalue weighted by molar-refractivity contribution is -0.141. The number of carbonyl (C=O) groups excluding carboxylic acids is 2. The van der Waals surface area contributed by atoms with Crippen molar-refractivity contribution in [2.24, 2.45) is 0 Å². The highest BCUT2D eigenvalue weighted by atomic mass is 16.6. The number of hydrogen-bond acceptors (Lipinski definition) is 5. The van der Waals surface area contributed by atoms with Crippen LogP contribution in [0.4, 0.5) is 0 Å². The molecule has 2 aromatic carbocycles. The average molecular weight is 363 g/mol. The largest absolute Gasteiger partial charge is 0.510 e. The number of nitrogens with one attached hydrogen (secondary N) is 1. The Labute approximate surface area is 157 Å². The Bertz CT molecular complexity index is 904. The smallest absolute Gasteiger partial charge is 0.346 e. The monoisotopic (exact) mass is 363 g/mol. The van der Waals surface area contributed by atoms with Crippen molar-refractivity contribution in [1.29, 1.82) is 0 Å². The Morgan fingerprint density at radius 2 is 1.74 bits per heavy atom. The van der Waals surface area contributed by atoms with E-state index < -0.39 is 23.9 Å². The Kier molecular flexibility index (Phi) is 4.77. The van der Waals surface area contributed by atoms with Crippen LogP contribution in [0.25, 0.3) is 0 Å². The van der Waals surface area contributed by atoms with Crippen molar-refractivity contribution in [1.82, 2.24) is 5.32 Å². The van der Waals surface area contributed by atoms with Gasteiger partial charge in [0.25, 0.3) is 0 Å². The van der Waals surface area contributed by atoms with Gasteiger partial charge in [-0.15, -0.1) is 0 Å². The molecule has 27 heavy (non-hydrogen) atoms. The van der Waals surface area contributed by atoms with Crippen LogP contribution in [0.2, 0.25) is 0 Å². The first-order valence-electron chi connectivity index (χ1n) is 9.16. The van der Waals surface area contributed by atoms with Crippen LogP contribution in [0, 0.1) is 0 Å². The van der Waals surface area contributed by atoms with E-state index in [1.54, 1.807) is 0 Å². The number of fused-ring (bicyclic) bond motifs is 1. The predicted octanol–water partition coefficient (Wildman–Crippen LogP) is 2.64. The minimum absolute atomic E-state index is 0.204. The van der Waals surface area contributed by atoms with Gasteiger partial charge in [-0.1, -0.05) is 54.6 Å². The number of cyclic esters (lactones) is 1. The third kappa shape index (κ3) is 3.51. The Hall–Kier alpha value is -2.92. The molecule has 0 aliphatic carbocycles. The van der Waals surface area contributed by atoms with E-state index in [1.165, 1.54) is 0 Å². The molecule has 2 aromatic rings. The number of rotatable bonds is 4. The van der Waals surface area contributed by atoms with Gasteiger partial charge >= 0.3 is 5.97 Å². The molecule has 2 aliphatic rings. The lowest BCUT2D eigenvalue weighted by atomic mass is 9.92. The van der Waals surface area contributed by atoms with Crippen LogP contribution in [0.3, 0.4) is 0 Å². The summed E-state index contributed by atoms with van der Waals surface area (Å²) in [7, 11) is 0. The number of ketones is 1. The number of ether oxygens (including phenoxy) is 1. The highest BCUT2D eigenvalue weighted by Gasteiger charge is 2.42. The van der Waals surface area contributed by atoms with Crippen LogP contribution >= 0.6 is 0 Å². The Morgan fingerprint density at radius 3 is 2.52 bits per heavy atom. The molecule has 0 aromatic heterocycles. The molecule has 0 amide bonds. The SMILES string of the molecule is O=C1OC(CCc2ccccc2)C(=O)C1=C(O)C1Cc2ccccc2CN1. The van der Waals surface area contributed by atoms with Gasteiger partial charge in [-0.25, -0.2) is 4.79 Å². The van der Waals surface area contributed by atoms with Gasteiger partial charge in [0.15, 0.2) is 6.10 Å². The molecule has 2 N–H and O–H groups in total. The number of aryl methyl sites for hydroxylation is 1. The molecule has 1 saturated heterocycles. The fraction of sp³-hybridized carbons (Fsp3) is 0.273. The molecular formula is C22H21NO4. The third-order valence-electron chi connectivity index (χ3n) is 5.20. The normalized spacial score (nSPS) is 23.7. The number of esters is 1. The second kappa shape index (κ2) is 7.37. The minimum Gasteiger partial charge on any atom is -0.510 e. The van der Waals surface area contributed by atoms with Gasteiger partial charge in [0.1, 0.15) is 11.3 Å². The second-order valence-electron chi connectivity index (χ2n) is 6.95. The fourth-order valence-corrected chi connectivity index (χ4v) is 3.69. The number of benzene rings is 2. The van der Waals surface area contributed by atoms with Crippen molar-refractivity contribution in [2.75, 3.05) is 0 Å². The van der Waals surface area contributed by atoms with E-state index >= 15 is 0 Å². The summed E-state index contributed by atoms with van der Waals surface area (Å²) in [5, 5.41) is 13.8. The summed E-state index contributed by atoms with van der Waals surface area (Å²) >= 11 is 0. The lowest BCUT2D eigenvalue weighted by Crippen LogP contribution is -2.38. The van der Waals surface area contributed by atoms with Crippen LogP contribution in [0.15, 0.2) is 65.9 Å².